The van der Waals surface area contributed by atoms with Crippen LogP contribution in [0.2, 0.25) is 0 Å². The molecule has 4 heterocycles. The Hall–Kier alpha value is -2.83. The number of amides is 2. The Bertz CT molecular complexity index is 1050. The Labute approximate surface area is 168 Å². The van der Waals surface area contributed by atoms with E-state index in [2.05, 4.69) is 22.1 Å². The molecule has 2 aliphatic rings. The van der Waals surface area contributed by atoms with Crippen LogP contribution in [-0.2, 0) is 11.2 Å². The fraction of sp³-hybridized carbons (Fsp3) is 0.238. The Balaban J connectivity index is 0.00000192. The maximum absolute atomic E-state index is 12.3. The van der Waals surface area contributed by atoms with Gasteiger partial charge in [0.25, 0.3) is 5.91 Å². The molecule has 7 heteroatoms. The second kappa shape index (κ2) is 7.30. The van der Waals surface area contributed by atoms with Crippen LogP contribution in [0.5, 0.6) is 0 Å². The fourth-order valence-electron chi connectivity index (χ4n) is 3.83. The van der Waals surface area contributed by atoms with E-state index in [-0.39, 0.29) is 30.1 Å². The number of benzene rings is 1. The standard InChI is InChI=1S/C21H20N4O2.ClH/c26-20(14-10-22-11-14)24-15-5-3-13(4-6-15)18-12-25-9-1-2-17-19(25)16(18)7-8-23-21(17)27;/h1-6,9,12,14,22H,7-8,10-11H2,(H,23,27)(H,24,26);1H/p-1. The Morgan fingerprint density at radius 3 is 2.61 bits per heavy atom. The molecule has 0 aliphatic carbocycles. The molecule has 3 aromatic rings. The molecule has 5 rings (SSSR count). The molecule has 1 saturated heterocycles. The minimum Gasteiger partial charge on any atom is -1.00 e. The SMILES string of the molecule is O=C1NCCc2c(-c3ccc(NC(=O)C4CNC4)cc3)cn3cccc1c23.[Cl-]. The second-order valence-electron chi connectivity index (χ2n) is 7.13. The van der Waals surface area contributed by atoms with Crippen molar-refractivity contribution in [3.05, 3.63) is 59.9 Å². The number of aromatic nitrogens is 1. The topological polar surface area (TPSA) is 74.6 Å². The molecule has 144 valence electrons. The maximum Gasteiger partial charge on any atom is 0.253 e. The van der Waals surface area contributed by atoms with Gasteiger partial charge in [-0.2, -0.15) is 0 Å². The van der Waals surface area contributed by atoms with Gasteiger partial charge in [-0.25, -0.2) is 0 Å². The third-order valence-electron chi connectivity index (χ3n) is 5.42. The molecular formula is C21H20ClN4O2-. The third-order valence-corrected chi connectivity index (χ3v) is 5.42. The molecule has 28 heavy (non-hydrogen) atoms. The highest BCUT2D eigenvalue weighted by Gasteiger charge is 2.25. The van der Waals surface area contributed by atoms with Crippen LogP contribution >= 0.6 is 0 Å². The van der Waals surface area contributed by atoms with Crippen molar-refractivity contribution >= 4 is 23.0 Å². The predicted octanol–water partition coefficient (Wildman–Crippen LogP) is -0.946. The van der Waals surface area contributed by atoms with Gasteiger partial charge in [0.15, 0.2) is 0 Å². The molecule has 3 N–H and O–H groups in total. The molecule has 0 radical (unpaired) electrons. The number of hydrogen-bond acceptors (Lipinski definition) is 3. The summed E-state index contributed by atoms with van der Waals surface area (Å²) in [4.78, 5) is 24.4. The average molecular weight is 396 g/mol. The van der Waals surface area contributed by atoms with E-state index in [0.717, 1.165) is 41.8 Å². The molecule has 2 aliphatic heterocycles. The molecule has 2 aromatic heterocycles. The molecule has 0 saturated carbocycles. The van der Waals surface area contributed by atoms with E-state index in [4.69, 9.17) is 0 Å². The van der Waals surface area contributed by atoms with Crippen molar-refractivity contribution in [2.45, 2.75) is 6.42 Å². The molecule has 6 nitrogen and oxygen atoms in total. The third kappa shape index (κ3) is 3.04. The van der Waals surface area contributed by atoms with Crippen LogP contribution < -0.4 is 28.4 Å². The van der Waals surface area contributed by atoms with E-state index < -0.39 is 0 Å². The van der Waals surface area contributed by atoms with Crippen molar-refractivity contribution < 1.29 is 22.0 Å². The quantitative estimate of drug-likeness (QED) is 0.535. The molecule has 0 atom stereocenters. The molecular weight excluding hydrogens is 376 g/mol. The van der Waals surface area contributed by atoms with Crippen molar-refractivity contribution in [1.82, 2.24) is 15.0 Å². The zero-order chi connectivity index (χ0) is 18.4. The average Bonchev–Trinajstić information content (AvgIpc) is 2.90. The number of hydrogen-bond donors (Lipinski definition) is 3. The number of pyridine rings is 1. The van der Waals surface area contributed by atoms with Crippen molar-refractivity contribution in [1.29, 1.82) is 0 Å². The highest BCUT2D eigenvalue weighted by Crippen LogP contribution is 2.32. The lowest BCUT2D eigenvalue weighted by Crippen LogP contribution is -3.00. The van der Waals surface area contributed by atoms with Crippen LogP contribution in [0, 0.1) is 5.92 Å². The first-order chi connectivity index (χ1) is 13.2. The number of carbonyl (C=O) groups excluding carboxylic acids is 2. The summed E-state index contributed by atoms with van der Waals surface area (Å²) in [6, 6.07) is 11.7. The maximum atomic E-state index is 12.3. The molecule has 0 bridgehead atoms. The van der Waals surface area contributed by atoms with Crippen LogP contribution in [0.15, 0.2) is 48.8 Å². The van der Waals surface area contributed by atoms with Gasteiger partial charge in [-0.3, -0.25) is 9.59 Å². The van der Waals surface area contributed by atoms with Crippen LogP contribution in [0.1, 0.15) is 15.9 Å². The van der Waals surface area contributed by atoms with Gasteiger partial charge in [-0.1, -0.05) is 12.1 Å². The fourth-order valence-corrected chi connectivity index (χ4v) is 3.83. The highest BCUT2D eigenvalue weighted by molar-refractivity contribution is 6.03. The smallest absolute Gasteiger partial charge is 0.253 e. The lowest BCUT2D eigenvalue weighted by Gasteiger charge is -2.25. The first-order valence-corrected chi connectivity index (χ1v) is 9.23. The van der Waals surface area contributed by atoms with Gasteiger partial charge in [0, 0.05) is 43.3 Å². The number of nitrogens with one attached hydrogen (secondary N) is 3. The first-order valence-electron chi connectivity index (χ1n) is 9.23. The summed E-state index contributed by atoms with van der Waals surface area (Å²) in [7, 11) is 0. The first kappa shape index (κ1) is 18.5. The summed E-state index contributed by atoms with van der Waals surface area (Å²) < 4.78 is 2.03. The monoisotopic (exact) mass is 395 g/mol. The van der Waals surface area contributed by atoms with Gasteiger partial charge in [0.05, 0.1) is 17.0 Å². The van der Waals surface area contributed by atoms with Crippen LogP contribution in [0.25, 0.3) is 16.6 Å². The van der Waals surface area contributed by atoms with Crippen molar-refractivity contribution in [3.63, 3.8) is 0 Å². The minimum atomic E-state index is -0.0208. The lowest BCUT2D eigenvalue weighted by molar-refractivity contribution is -0.121. The van der Waals surface area contributed by atoms with E-state index in [1.807, 2.05) is 47.0 Å². The van der Waals surface area contributed by atoms with Gasteiger partial charge in [-0.15, -0.1) is 0 Å². The van der Waals surface area contributed by atoms with Gasteiger partial charge in [0.2, 0.25) is 5.91 Å². The summed E-state index contributed by atoms with van der Waals surface area (Å²) in [5.41, 5.74) is 5.90. The van der Waals surface area contributed by atoms with E-state index in [9.17, 15) is 9.59 Å². The predicted molar refractivity (Wildman–Crippen MR) is 104 cm³/mol. The summed E-state index contributed by atoms with van der Waals surface area (Å²) in [6.07, 6.45) is 4.85. The van der Waals surface area contributed by atoms with Gasteiger partial charge in [-0.05, 0) is 41.8 Å². The van der Waals surface area contributed by atoms with E-state index in [1.54, 1.807) is 0 Å². The molecule has 0 spiro atoms. The molecule has 1 aromatic carbocycles. The molecule has 0 unspecified atom stereocenters. The summed E-state index contributed by atoms with van der Waals surface area (Å²) in [5.74, 6) is 0.113. The molecule has 1 fully saturated rings. The minimum absolute atomic E-state index is 0. The Morgan fingerprint density at radius 2 is 1.89 bits per heavy atom. The zero-order valence-corrected chi connectivity index (χ0v) is 15.9. The van der Waals surface area contributed by atoms with Crippen molar-refractivity contribution in [2.75, 3.05) is 25.0 Å². The molecule has 2 amide bonds. The Kier molecular flexibility index (Phi) is 4.83. The van der Waals surface area contributed by atoms with Crippen molar-refractivity contribution in [2.24, 2.45) is 5.92 Å². The summed E-state index contributed by atoms with van der Waals surface area (Å²) in [5, 5.41) is 9.05. The van der Waals surface area contributed by atoms with Crippen molar-refractivity contribution in [3.8, 4) is 11.1 Å². The number of anilines is 1. The van der Waals surface area contributed by atoms with Gasteiger partial charge in [0.1, 0.15) is 0 Å². The van der Waals surface area contributed by atoms with E-state index >= 15 is 0 Å². The van der Waals surface area contributed by atoms with Crippen LogP contribution in [0.3, 0.4) is 0 Å². The van der Waals surface area contributed by atoms with Crippen LogP contribution in [-0.4, -0.2) is 35.8 Å². The lowest BCUT2D eigenvalue weighted by atomic mass is 10.00. The zero-order valence-electron chi connectivity index (χ0n) is 15.2. The summed E-state index contributed by atoms with van der Waals surface area (Å²) in [6.45, 7) is 2.13. The number of halogens is 1. The largest absolute Gasteiger partial charge is 1.00 e. The van der Waals surface area contributed by atoms with Gasteiger partial charge < -0.3 is 32.8 Å². The normalized spacial score (nSPS) is 15.9. The van der Waals surface area contributed by atoms with E-state index in [0.29, 0.717) is 12.1 Å². The number of nitrogens with zero attached hydrogens (tertiary/aromatic N) is 1. The highest BCUT2D eigenvalue weighted by atomic mass is 35.5. The second-order valence-corrected chi connectivity index (χ2v) is 7.13. The number of carbonyl (C=O) groups is 2. The van der Waals surface area contributed by atoms with Gasteiger partial charge >= 0.3 is 0 Å². The van der Waals surface area contributed by atoms with Crippen LogP contribution in [0.4, 0.5) is 5.69 Å². The number of rotatable bonds is 3. The Morgan fingerprint density at radius 1 is 1.11 bits per heavy atom. The summed E-state index contributed by atoms with van der Waals surface area (Å²) >= 11 is 0. The van der Waals surface area contributed by atoms with E-state index in [1.165, 1.54) is 5.56 Å².